The van der Waals surface area contributed by atoms with Crippen LogP contribution in [0.3, 0.4) is 0 Å². The summed E-state index contributed by atoms with van der Waals surface area (Å²) in [5, 5.41) is 6.74. The van der Waals surface area contributed by atoms with Crippen molar-refractivity contribution in [3.05, 3.63) is 76.5 Å². The molecule has 178 valence electrons. The molecule has 0 atom stereocenters. The third-order valence-corrected chi connectivity index (χ3v) is 8.30. The van der Waals surface area contributed by atoms with Crippen LogP contribution < -0.4 is 10.2 Å². The number of anilines is 2. The fourth-order valence-corrected chi connectivity index (χ4v) is 6.07. The van der Waals surface area contributed by atoms with E-state index in [0.717, 1.165) is 30.5 Å². The van der Waals surface area contributed by atoms with Gasteiger partial charge in [-0.25, -0.2) is 8.42 Å². The summed E-state index contributed by atoms with van der Waals surface area (Å²) in [5.41, 5.74) is 2.78. The first-order chi connectivity index (χ1) is 16.4. The fourth-order valence-electron chi connectivity index (χ4n) is 3.73. The highest BCUT2D eigenvalue weighted by Crippen LogP contribution is 2.32. The van der Waals surface area contributed by atoms with Gasteiger partial charge in [0.15, 0.2) is 9.84 Å². The van der Waals surface area contributed by atoms with E-state index in [1.165, 1.54) is 0 Å². The molecule has 3 aromatic rings. The Kier molecular flexibility index (Phi) is 7.48. The SMILES string of the molecule is CCCN(C(=O)c1ccc(NC(=O)Cc2ccc(S(=O)(=O)CC3CC3)cc2)cc1)c1ccsc1. The number of nitrogens with zero attached hydrogens (tertiary/aromatic N) is 1. The number of amides is 2. The Labute approximate surface area is 204 Å². The molecule has 2 amide bonds. The van der Waals surface area contributed by atoms with Crippen molar-refractivity contribution in [3.63, 3.8) is 0 Å². The molecule has 34 heavy (non-hydrogen) atoms. The zero-order chi connectivity index (χ0) is 24.1. The molecule has 1 aliphatic rings. The number of hydrogen-bond acceptors (Lipinski definition) is 5. The number of thiophene rings is 1. The molecule has 0 aliphatic heterocycles. The van der Waals surface area contributed by atoms with Crippen LogP contribution in [0, 0.1) is 5.92 Å². The zero-order valence-electron chi connectivity index (χ0n) is 19.1. The van der Waals surface area contributed by atoms with Gasteiger partial charge in [-0.1, -0.05) is 19.1 Å². The quantitative estimate of drug-likeness (QED) is 0.420. The first-order valence-corrected chi connectivity index (χ1v) is 14.0. The maximum absolute atomic E-state index is 13.0. The van der Waals surface area contributed by atoms with Gasteiger partial charge in [-0.2, -0.15) is 11.3 Å². The van der Waals surface area contributed by atoms with Crippen LogP contribution in [0.15, 0.2) is 70.3 Å². The molecule has 4 rings (SSSR count). The van der Waals surface area contributed by atoms with Crippen LogP contribution in [0.25, 0.3) is 0 Å². The smallest absolute Gasteiger partial charge is 0.258 e. The lowest BCUT2D eigenvalue weighted by molar-refractivity contribution is -0.115. The third kappa shape index (κ3) is 6.12. The van der Waals surface area contributed by atoms with E-state index < -0.39 is 9.84 Å². The Morgan fingerprint density at radius 1 is 1.03 bits per heavy atom. The van der Waals surface area contributed by atoms with Crippen LogP contribution in [0.5, 0.6) is 0 Å². The van der Waals surface area contributed by atoms with E-state index in [2.05, 4.69) is 5.32 Å². The van der Waals surface area contributed by atoms with Gasteiger partial charge in [0, 0.05) is 23.2 Å². The van der Waals surface area contributed by atoms with E-state index >= 15 is 0 Å². The minimum Gasteiger partial charge on any atom is -0.326 e. The van der Waals surface area contributed by atoms with E-state index in [1.54, 1.807) is 64.8 Å². The molecule has 1 aromatic heterocycles. The van der Waals surface area contributed by atoms with Gasteiger partial charge in [0.2, 0.25) is 5.91 Å². The maximum Gasteiger partial charge on any atom is 0.258 e. The van der Waals surface area contributed by atoms with E-state index in [4.69, 9.17) is 0 Å². The number of sulfone groups is 1. The highest BCUT2D eigenvalue weighted by molar-refractivity contribution is 7.91. The highest BCUT2D eigenvalue weighted by Gasteiger charge is 2.29. The molecule has 0 spiro atoms. The monoisotopic (exact) mass is 496 g/mol. The topological polar surface area (TPSA) is 83.6 Å². The Morgan fingerprint density at radius 2 is 1.74 bits per heavy atom. The van der Waals surface area contributed by atoms with Crippen LogP contribution in [0.1, 0.15) is 42.1 Å². The molecule has 6 nitrogen and oxygen atoms in total. The van der Waals surface area contributed by atoms with Gasteiger partial charge in [0.25, 0.3) is 5.91 Å². The lowest BCUT2D eigenvalue weighted by Gasteiger charge is -2.21. The molecule has 1 fully saturated rings. The molecule has 0 bridgehead atoms. The van der Waals surface area contributed by atoms with Crippen LogP contribution in [-0.2, 0) is 21.1 Å². The minimum atomic E-state index is -3.26. The standard InChI is InChI=1S/C26H28N2O4S2/c1-2-14-28(23-13-15-33-17-23)26(30)21-7-9-22(10-8-21)27-25(29)16-19-5-11-24(12-6-19)34(31,32)18-20-3-4-20/h5-13,15,17,20H,2-4,14,16,18H2,1H3,(H,27,29). The molecule has 8 heteroatoms. The van der Waals surface area contributed by atoms with Gasteiger partial charge < -0.3 is 10.2 Å². The summed E-state index contributed by atoms with van der Waals surface area (Å²) in [5.74, 6) is 0.213. The number of carbonyl (C=O) groups excluding carboxylic acids is 2. The predicted octanol–water partition coefficient (Wildman–Crippen LogP) is 5.17. The number of carbonyl (C=O) groups is 2. The molecule has 0 saturated heterocycles. The fraction of sp³-hybridized carbons (Fsp3) is 0.308. The molecule has 0 unspecified atom stereocenters. The zero-order valence-corrected chi connectivity index (χ0v) is 20.7. The van der Waals surface area contributed by atoms with Crippen LogP contribution in [-0.4, -0.2) is 32.5 Å². The van der Waals surface area contributed by atoms with Crippen molar-refractivity contribution in [1.29, 1.82) is 0 Å². The number of benzene rings is 2. The number of hydrogen-bond donors (Lipinski definition) is 1. The van der Waals surface area contributed by atoms with E-state index in [9.17, 15) is 18.0 Å². The first kappa shape index (κ1) is 24.2. The van der Waals surface area contributed by atoms with Crippen molar-refractivity contribution >= 4 is 44.4 Å². The Bertz CT molecular complexity index is 1230. The maximum atomic E-state index is 13.0. The van der Waals surface area contributed by atoms with Gasteiger partial charge in [-0.15, -0.1) is 0 Å². The lowest BCUT2D eigenvalue weighted by atomic mass is 10.1. The van der Waals surface area contributed by atoms with Crippen LogP contribution >= 0.6 is 11.3 Å². The van der Waals surface area contributed by atoms with Gasteiger partial charge >= 0.3 is 0 Å². The molecule has 0 radical (unpaired) electrons. The molecule has 1 heterocycles. The van der Waals surface area contributed by atoms with Crippen molar-refractivity contribution in [2.75, 3.05) is 22.5 Å². The van der Waals surface area contributed by atoms with Crippen LogP contribution in [0.2, 0.25) is 0 Å². The average molecular weight is 497 g/mol. The predicted molar refractivity (Wildman–Crippen MR) is 136 cm³/mol. The Balaban J connectivity index is 1.35. The largest absolute Gasteiger partial charge is 0.326 e. The molecule has 1 aliphatic carbocycles. The number of nitrogens with one attached hydrogen (secondary N) is 1. The van der Waals surface area contributed by atoms with E-state index in [0.29, 0.717) is 28.6 Å². The van der Waals surface area contributed by atoms with Gasteiger partial charge in [-0.05, 0) is 78.6 Å². The molecule has 2 aromatic carbocycles. The van der Waals surface area contributed by atoms with Crippen molar-refractivity contribution in [3.8, 4) is 0 Å². The molecular formula is C26H28N2O4S2. The van der Waals surface area contributed by atoms with Crippen molar-refractivity contribution in [2.24, 2.45) is 5.92 Å². The lowest BCUT2D eigenvalue weighted by Crippen LogP contribution is -2.31. The minimum absolute atomic E-state index is 0.0742. The number of rotatable bonds is 10. The highest BCUT2D eigenvalue weighted by atomic mass is 32.2. The summed E-state index contributed by atoms with van der Waals surface area (Å²) in [6.45, 7) is 2.67. The van der Waals surface area contributed by atoms with Gasteiger partial charge in [0.1, 0.15) is 0 Å². The second kappa shape index (κ2) is 10.5. The first-order valence-electron chi connectivity index (χ1n) is 11.4. The Morgan fingerprint density at radius 3 is 2.32 bits per heavy atom. The normalized spacial score (nSPS) is 13.4. The summed E-state index contributed by atoms with van der Waals surface area (Å²) in [4.78, 5) is 27.5. The van der Waals surface area contributed by atoms with Crippen molar-refractivity contribution in [2.45, 2.75) is 37.5 Å². The Hall–Kier alpha value is -2.97. The molecular weight excluding hydrogens is 468 g/mol. The molecule has 1 saturated carbocycles. The van der Waals surface area contributed by atoms with Gasteiger partial charge in [-0.3, -0.25) is 9.59 Å². The van der Waals surface area contributed by atoms with E-state index in [-0.39, 0.29) is 24.0 Å². The van der Waals surface area contributed by atoms with Crippen molar-refractivity contribution in [1.82, 2.24) is 0 Å². The third-order valence-electron chi connectivity index (χ3n) is 5.72. The molecule has 1 N–H and O–H groups in total. The summed E-state index contributed by atoms with van der Waals surface area (Å²) in [6, 6.07) is 15.3. The summed E-state index contributed by atoms with van der Waals surface area (Å²) in [7, 11) is -3.26. The van der Waals surface area contributed by atoms with Crippen molar-refractivity contribution < 1.29 is 18.0 Å². The summed E-state index contributed by atoms with van der Waals surface area (Å²) < 4.78 is 24.7. The second-order valence-corrected chi connectivity index (χ2v) is 11.4. The van der Waals surface area contributed by atoms with E-state index in [1.807, 2.05) is 23.8 Å². The second-order valence-electron chi connectivity index (χ2n) is 8.61. The summed E-state index contributed by atoms with van der Waals surface area (Å²) in [6.07, 6.45) is 2.95. The van der Waals surface area contributed by atoms with Crippen LogP contribution in [0.4, 0.5) is 11.4 Å². The van der Waals surface area contributed by atoms with Gasteiger partial charge in [0.05, 0.1) is 22.8 Å². The average Bonchev–Trinajstić information content (AvgIpc) is 3.45. The summed E-state index contributed by atoms with van der Waals surface area (Å²) >= 11 is 1.55.